The van der Waals surface area contributed by atoms with Crippen LogP contribution in [0.25, 0.3) is 0 Å². The summed E-state index contributed by atoms with van der Waals surface area (Å²) in [4.78, 5) is 27.9. The van der Waals surface area contributed by atoms with E-state index >= 15 is 0 Å². The molecule has 4 nitrogen and oxygen atoms in total. The Balaban J connectivity index is 2.21. The molecule has 0 radical (unpaired) electrons. The predicted molar refractivity (Wildman–Crippen MR) is 102 cm³/mol. The van der Waals surface area contributed by atoms with Crippen LogP contribution in [-0.4, -0.2) is 34.2 Å². The second-order valence-corrected chi connectivity index (χ2v) is 8.01. The van der Waals surface area contributed by atoms with Crippen LogP contribution in [0.4, 0.5) is 0 Å². The molecule has 1 N–H and O–H groups in total. The zero-order valence-corrected chi connectivity index (χ0v) is 16.2. The van der Waals surface area contributed by atoms with Gasteiger partial charge in [-0.25, -0.2) is 0 Å². The maximum atomic E-state index is 13.1. The van der Waals surface area contributed by atoms with Gasteiger partial charge in [-0.2, -0.15) is 0 Å². The SMILES string of the molecule is CSc1cccc(CN(C(=O)C(C(=O)O)C2CCCCC2)C(C)C)c1. The highest BCUT2D eigenvalue weighted by molar-refractivity contribution is 7.98. The average Bonchev–Trinajstić information content (AvgIpc) is 2.60. The Hall–Kier alpha value is -1.49. The largest absolute Gasteiger partial charge is 0.481 e. The van der Waals surface area contributed by atoms with E-state index in [1.807, 2.05) is 38.3 Å². The number of carboxylic acids is 1. The Labute approximate surface area is 155 Å². The van der Waals surface area contributed by atoms with E-state index < -0.39 is 11.9 Å². The first-order valence-corrected chi connectivity index (χ1v) is 10.3. The molecular formula is C20H29NO3S. The number of carbonyl (C=O) groups excluding carboxylic acids is 1. The molecule has 5 heteroatoms. The van der Waals surface area contributed by atoms with Crippen LogP contribution in [0.15, 0.2) is 29.2 Å². The summed E-state index contributed by atoms with van der Waals surface area (Å²) in [6.45, 7) is 4.37. The third-order valence-electron chi connectivity index (χ3n) is 5.05. The van der Waals surface area contributed by atoms with Crippen molar-refractivity contribution in [2.45, 2.75) is 63.4 Å². The first-order chi connectivity index (χ1) is 11.9. The van der Waals surface area contributed by atoms with Crippen LogP contribution >= 0.6 is 11.8 Å². The summed E-state index contributed by atoms with van der Waals surface area (Å²) >= 11 is 1.66. The molecule has 1 atom stereocenters. The number of carboxylic acid groups (broad SMARTS) is 1. The molecule has 1 aliphatic carbocycles. The van der Waals surface area contributed by atoms with Crippen molar-refractivity contribution >= 4 is 23.6 Å². The van der Waals surface area contributed by atoms with Crippen molar-refractivity contribution in [2.24, 2.45) is 11.8 Å². The van der Waals surface area contributed by atoms with E-state index in [-0.39, 0.29) is 17.9 Å². The van der Waals surface area contributed by atoms with Gasteiger partial charge in [0, 0.05) is 17.5 Å². The quantitative estimate of drug-likeness (QED) is 0.575. The van der Waals surface area contributed by atoms with Crippen molar-refractivity contribution in [1.29, 1.82) is 0 Å². The highest BCUT2D eigenvalue weighted by atomic mass is 32.2. The molecule has 0 saturated heterocycles. The number of amides is 1. The summed E-state index contributed by atoms with van der Waals surface area (Å²) in [5, 5.41) is 9.72. The van der Waals surface area contributed by atoms with Gasteiger partial charge in [-0.3, -0.25) is 9.59 Å². The summed E-state index contributed by atoms with van der Waals surface area (Å²) in [5.74, 6) is -2.15. The standard InChI is InChI=1S/C20H29NO3S/c1-14(2)21(13-15-8-7-11-17(12-15)25-3)19(22)18(20(23)24)16-9-5-4-6-10-16/h7-8,11-12,14,16,18H,4-6,9-10,13H2,1-3H3,(H,23,24). The molecule has 2 rings (SSSR count). The van der Waals surface area contributed by atoms with Crippen LogP contribution in [0.3, 0.4) is 0 Å². The molecule has 0 spiro atoms. The van der Waals surface area contributed by atoms with Crippen LogP contribution in [-0.2, 0) is 16.1 Å². The molecule has 1 fully saturated rings. The van der Waals surface area contributed by atoms with Crippen LogP contribution in [0.2, 0.25) is 0 Å². The zero-order valence-electron chi connectivity index (χ0n) is 15.4. The van der Waals surface area contributed by atoms with Gasteiger partial charge in [-0.05, 0) is 56.6 Å². The third-order valence-corrected chi connectivity index (χ3v) is 5.77. The lowest BCUT2D eigenvalue weighted by molar-refractivity contribution is -0.155. The monoisotopic (exact) mass is 363 g/mol. The van der Waals surface area contributed by atoms with E-state index in [2.05, 4.69) is 6.07 Å². The summed E-state index contributed by atoms with van der Waals surface area (Å²) in [7, 11) is 0. The lowest BCUT2D eigenvalue weighted by atomic mass is 9.79. The van der Waals surface area contributed by atoms with Crippen LogP contribution < -0.4 is 0 Å². The highest BCUT2D eigenvalue weighted by Gasteiger charge is 2.38. The fourth-order valence-corrected chi connectivity index (χ4v) is 4.12. The van der Waals surface area contributed by atoms with Crippen LogP contribution in [0, 0.1) is 11.8 Å². The summed E-state index contributed by atoms with van der Waals surface area (Å²) in [6.07, 6.45) is 6.91. The Morgan fingerprint density at radius 1 is 1.24 bits per heavy atom. The Kier molecular flexibility index (Phi) is 7.36. The number of aliphatic carboxylic acids is 1. The maximum Gasteiger partial charge on any atom is 0.316 e. The lowest BCUT2D eigenvalue weighted by Crippen LogP contribution is -2.46. The van der Waals surface area contributed by atoms with Crippen molar-refractivity contribution < 1.29 is 14.7 Å². The summed E-state index contributed by atoms with van der Waals surface area (Å²) < 4.78 is 0. The summed E-state index contributed by atoms with van der Waals surface area (Å²) in [6, 6.07) is 8.07. The zero-order chi connectivity index (χ0) is 18.4. The highest BCUT2D eigenvalue weighted by Crippen LogP contribution is 2.32. The van der Waals surface area contributed by atoms with E-state index in [1.54, 1.807) is 16.7 Å². The van der Waals surface area contributed by atoms with Gasteiger partial charge in [0.05, 0.1) is 0 Å². The Morgan fingerprint density at radius 2 is 1.92 bits per heavy atom. The van der Waals surface area contributed by atoms with E-state index in [4.69, 9.17) is 0 Å². The van der Waals surface area contributed by atoms with Gasteiger partial charge in [0.15, 0.2) is 0 Å². The van der Waals surface area contributed by atoms with Crippen LogP contribution in [0.1, 0.15) is 51.5 Å². The third kappa shape index (κ3) is 5.24. The van der Waals surface area contributed by atoms with Crippen molar-refractivity contribution in [3.63, 3.8) is 0 Å². The molecule has 0 aromatic heterocycles. The number of hydrogen-bond acceptors (Lipinski definition) is 3. The van der Waals surface area contributed by atoms with Gasteiger partial charge in [-0.1, -0.05) is 31.4 Å². The fraction of sp³-hybridized carbons (Fsp3) is 0.600. The normalized spacial score (nSPS) is 16.6. The molecule has 0 bridgehead atoms. The molecule has 1 saturated carbocycles. The van der Waals surface area contributed by atoms with E-state index in [1.165, 1.54) is 0 Å². The average molecular weight is 364 g/mol. The Morgan fingerprint density at radius 3 is 2.48 bits per heavy atom. The number of benzene rings is 1. The van der Waals surface area contributed by atoms with Gasteiger partial charge in [0.2, 0.25) is 5.91 Å². The second kappa shape index (κ2) is 9.27. The number of hydrogen-bond donors (Lipinski definition) is 1. The lowest BCUT2D eigenvalue weighted by Gasteiger charge is -2.34. The molecule has 1 aliphatic rings. The van der Waals surface area contributed by atoms with Crippen molar-refractivity contribution in [3.05, 3.63) is 29.8 Å². The molecular weight excluding hydrogens is 334 g/mol. The topological polar surface area (TPSA) is 57.6 Å². The minimum absolute atomic E-state index is 0.0301. The molecule has 138 valence electrons. The first kappa shape index (κ1) is 19.8. The smallest absolute Gasteiger partial charge is 0.316 e. The summed E-state index contributed by atoms with van der Waals surface area (Å²) in [5.41, 5.74) is 1.04. The molecule has 0 heterocycles. The van der Waals surface area contributed by atoms with Gasteiger partial charge in [-0.15, -0.1) is 11.8 Å². The van der Waals surface area contributed by atoms with E-state index in [0.717, 1.165) is 42.6 Å². The molecule has 1 unspecified atom stereocenters. The van der Waals surface area contributed by atoms with E-state index in [0.29, 0.717) is 6.54 Å². The van der Waals surface area contributed by atoms with E-state index in [9.17, 15) is 14.7 Å². The number of carbonyl (C=O) groups is 2. The van der Waals surface area contributed by atoms with Crippen molar-refractivity contribution in [1.82, 2.24) is 4.90 Å². The van der Waals surface area contributed by atoms with Gasteiger partial charge in [0.25, 0.3) is 0 Å². The molecule has 1 amide bonds. The minimum Gasteiger partial charge on any atom is -0.481 e. The van der Waals surface area contributed by atoms with Crippen molar-refractivity contribution in [3.8, 4) is 0 Å². The number of rotatable bonds is 7. The van der Waals surface area contributed by atoms with Gasteiger partial charge >= 0.3 is 5.97 Å². The number of nitrogens with zero attached hydrogens (tertiary/aromatic N) is 1. The van der Waals surface area contributed by atoms with Gasteiger partial charge in [0.1, 0.15) is 5.92 Å². The minimum atomic E-state index is -0.972. The fourth-order valence-electron chi connectivity index (χ4n) is 3.64. The maximum absolute atomic E-state index is 13.1. The molecule has 1 aromatic rings. The Bertz CT molecular complexity index is 596. The predicted octanol–water partition coefficient (Wildman–Crippen LogP) is 4.43. The second-order valence-electron chi connectivity index (χ2n) is 7.13. The molecule has 0 aliphatic heterocycles. The molecule has 25 heavy (non-hydrogen) atoms. The van der Waals surface area contributed by atoms with Crippen molar-refractivity contribution in [2.75, 3.05) is 6.26 Å². The molecule has 1 aromatic carbocycles. The van der Waals surface area contributed by atoms with Crippen LogP contribution in [0.5, 0.6) is 0 Å². The number of thioether (sulfide) groups is 1. The van der Waals surface area contributed by atoms with Gasteiger partial charge < -0.3 is 10.0 Å². The first-order valence-electron chi connectivity index (χ1n) is 9.10.